The average molecular weight is 464 g/mol. The summed E-state index contributed by atoms with van der Waals surface area (Å²) in [5.74, 6) is -1.36. The van der Waals surface area contributed by atoms with Gasteiger partial charge in [0.25, 0.3) is 0 Å². The number of benzene rings is 2. The first-order chi connectivity index (χ1) is 16.4. The molecule has 3 rings (SSSR count). The summed E-state index contributed by atoms with van der Waals surface area (Å²) < 4.78 is 0. The van der Waals surface area contributed by atoms with Gasteiger partial charge in [-0.05, 0) is 36.0 Å². The minimum atomic E-state index is -1.32. The number of hydrogen-bond donors (Lipinski definition) is 4. The summed E-state index contributed by atoms with van der Waals surface area (Å²) in [5, 5.41) is 23.8. The Bertz CT molecular complexity index is 1040. The van der Waals surface area contributed by atoms with Crippen molar-refractivity contribution < 1.29 is 19.5 Å². The number of nitrogens with zero attached hydrogens (tertiary/aromatic N) is 2. The molecule has 0 spiro atoms. The van der Waals surface area contributed by atoms with E-state index in [-0.39, 0.29) is 31.8 Å². The summed E-state index contributed by atoms with van der Waals surface area (Å²) in [6.07, 6.45) is -0.379. The van der Waals surface area contributed by atoms with Crippen LogP contribution in [0.5, 0.6) is 0 Å². The smallest absolute Gasteiger partial charge is 0.405 e. The summed E-state index contributed by atoms with van der Waals surface area (Å²) in [6, 6.07) is 17.2. The highest BCUT2D eigenvalue weighted by Gasteiger charge is 2.42. The lowest BCUT2D eigenvalue weighted by Gasteiger charge is -2.28. The second kappa shape index (κ2) is 11.8. The van der Waals surface area contributed by atoms with Gasteiger partial charge in [0, 0.05) is 19.6 Å². The number of amides is 3. The number of carbonyl (C=O) groups excluding carboxylic acids is 2. The minimum Gasteiger partial charge on any atom is -0.465 e. The maximum atomic E-state index is 13.3. The van der Waals surface area contributed by atoms with Crippen molar-refractivity contribution in [3.05, 3.63) is 71.3 Å². The van der Waals surface area contributed by atoms with Gasteiger partial charge < -0.3 is 26.4 Å². The molecular formula is C25H29N5O4. The van der Waals surface area contributed by atoms with Gasteiger partial charge in [0.05, 0.1) is 12.0 Å². The van der Waals surface area contributed by atoms with Crippen LogP contribution < -0.4 is 16.4 Å². The van der Waals surface area contributed by atoms with Crippen LogP contribution in [-0.2, 0) is 29.1 Å². The molecule has 1 heterocycles. The molecule has 0 aliphatic carbocycles. The molecule has 0 radical (unpaired) electrons. The first-order valence-corrected chi connectivity index (χ1v) is 11.2. The first-order valence-electron chi connectivity index (χ1n) is 11.2. The molecule has 178 valence electrons. The molecule has 5 N–H and O–H groups in total. The van der Waals surface area contributed by atoms with Crippen molar-refractivity contribution in [2.45, 2.75) is 44.4 Å². The number of likely N-dealkylation sites (tertiary alicyclic amines) is 1. The predicted octanol–water partition coefficient (Wildman–Crippen LogP) is 1.77. The molecule has 1 fully saturated rings. The fraction of sp³-hybridized carbons (Fsp3) is 0.360. The van der Waals surface area contributed by atoms with Crippen LogP contribution in [0.3, 0.4) is 0 Å². The van der Waals surface area contributed by atoms with Gasteiger partial charge in [0.2, 0.25) is 11.8 Å². The molecule has 3 atom stereocenters. The molecule has 34 heavy (non-hydrogen) atoms. The number of aryl methyl sites for hydroxylation is 1. The van der Waals surface area contributed by atoms with Crippen LogP contribution in [0.1, 0.15) is 29.5 Å². The number of hydrogen-bond acceptors (Lipinski definition) is 5. The molecule has 2 aromatic carbocycles. The van der Waals surface area contributed by atoms with Gasteiger partial charge in [0.1, 0.15) is 12.1 Å². The molecular weight excluding hydrogens is 434 g/mol. The molecule has 0 bridgehead atoms. The molecule has 0 saturated carbocycles. The number of nitriles is 1. The van der Waals surface area contributed by atoms with Crippen molar-refractivity contribution in [3.63, 3.8) is 0 Å². The van der Waals surface area contributed by atoms with Crippen molar-refractivity contribution in [1.29, 1.82) is 5.26 Å². The van der Waals surface area contributed by atoms with E-state index in [1.165, 1.54) is 4.90 Å². The lowest BCUT2D eigenvalue weighted by atomic mass is 10.0. The fourth-order valence-corrected chi connectivity index (χ4v) is 4.08. The van der Waals surface area contributed by atoms with Gasteiger partial charge in [-0.3, -0.25) is 9.59 Å². The second-order valence-electron chi connectivity index (χ2n) is 8.33. The molecule has 2 aromatic rings. The van der Waals surface area contributed by atoms with Crippen molar-refractivity contribution in [2.24, 2.45) is 11.7 Å². The highest BCUT2D eigenvalue weighted by Crippen LogP contribution is 2.25. The lowest BCUT2D eigenvalue weighted by Crippen LogP contribution is -2.53. The third-order valence-corrected chi connectivity index (χ3v) is 5.96. The van der Waals surface area contributed by atoms with E-state index in [1.54, 1.807) is 0 Å². The highest BCUT2D eigenvalue weighted by atomic mass is 16.4. The normalized spacial score (nSPS) is 18.1. The second-order valence-corrected chi connectivity index (χ2v) is 8.33. The highest BCUT2D eigenvalue weighted by molar-refractivity contribution is 5.91. The van der Waals surface area contributed by atoms with Gasteiger partial charge in [0.15, 0.2) is 0 Å². The summed E-state index contributed by atoms with van der Waals surface area (Å²) in [7, 11) is 0. The van der Waals surface area contributed by atoms with Gasteiger partial charge in [-0.15, -0.1) is 0 Å². The topological polar surface area (TPSA) is 149 Å². The Morgan fingerprint density at radius 1 is 1.09 bits per heavy atom. The van der Waals surface area contributed by atoms with E-state index in [9.17, 15) is 24.8 Å². The van der Waals surface area contributed by atoms with E-state index in [0.29, 0.717) is 13.0 Å². The first kappa shape index (κ1) is 24.7. The van der Waals surface area contributed by atoms with Crippen molar-refractivity contribution in [2.75, 3.05) is 6.54 Å². The number of nitrogens with one attached hydrogen (secondary N) is 2. The quantitative estimate of drug-likeness (QED) is 0.445. The van der Waals surface area contributed by atoms with E-state index in [1.807, 2.05) is 54.6 Å². The van der Waals surface area contributed by atoms with Gasteiger partial charge in [-0.25, -0.2) is 4.79 Å². The summed E-state index contributed by atoms with van der Waals surface area (Å²) in [5.41, 5.74) is 8.44. The standard InChI is InChI=1S/C25H29N5O4/c26-13-18-6-8-19(9-7-18)15-28-23(31)22-12-20(14-27)16-30(22)24(32)21(29-25(33)34)11-10-17-4-2-1-3-5-17/h1-9,20-22,29H,10-13,15-16,26H2,(H,28,31)(H,33,34)/t20-,21?,22-/m0/s1. The zero-order valence-electron chi connectivity index (χ0n) is 18.8. The third-order valence-electron chi connectivity index (χ3n) is 5.96. The molecule has 3 amide bonds. The molecule has 1 saturated heterocycles. The van der Waals surface area contributed by atoms with Crippen LogP contribution in [0.4, 0.5) is 4.79 Å². The lowest BCUT2D eigenvalue weighted by molar-refractivity contribution is -0.140. The van der Waals surface area contributed by atoms with Crippen LogP contribution in [0.15, 0.2) is 54.6 Å². The number of carboxylic acid groups (broad SMARTS) is 1. The largest absolute Gasteiger partial charge is 0.465 e. The summed E-state index contributed by atoms with van der Waals surface area (Å²) in [6.45, 7) is 0.781. The molecule has 0 aromatic heterocycles. The predicted molar refractivity (Wildman–Crippen MR) is 125 cm³/mol. The molecule has 1 unspecified atom stereocenters. The van der Waals surface area contributed by atoms with Gasteiger partial charge >= 0.3 is 6.09 Å². The monoisotopic (exact) mass is 463 g/mol. The van der Waals surface area contributed by atoms with Crippen LogP contribution in [0.25, 0.3) is 0 Å². The average Bonchev–Trinajstić information content (AvgIpc) is 3.30. The van der Waals surface area contributed by atoms with Crippen LogP contribution in [0, 0.1) is 17.2 Å². The van der Waals surface area contributed by atoms with Crippen molar-refractivity contribution in [1.82, 2.24) is 15.5 Å². The minimum absolute atomic E-state index is 0.0851. The van der Waals surface area contributed by atoms with E-state index < -0.39 is 30.0 Å². The van der Waals surface area contributed by atoms with E-state index in [4.69, 9.17) is 5.73 Å². The third kappa shape index (κ3) is 6.56. The molecule has 1 aliphatic heterocycles. The van der Waals surface area contributed by atoms with Crippen molar-refractivity contribution in [3.8, 4) is 6.07 Å². The maximum absolute atomic E-state index is 13.3. The van der Waals surface area contributed by atoms with Gasteiger partial charge in [-0.2, -0.15) is 5.26 Å². The van der Waals surface area contributed by atoms with Crippen molar-refractivity contribution >= 4 is 17.9 Å². The van der Waals surface area contributed by atoms with Crippen LogP contribution >= 0.6 is 0 Å². The Morgan fingerprint density at radius 2 is 1.76 bits per heavy atom. The van der Waals surface area contributed by atoms with Crippen LogP contribution in [0.2, 0.25) is 0 Å². The molecule has 1 aliphatic rings. The van der Waals surface area contributed by atoms with E-state index in [2.05, 4.69) is 16.7 Å². The fourth-order valence-electron chi connectivity index (χ4n) is 4.08. The molecule has 9 nitrogen and oxygen atoms in total. The Hall–Kier alpha value is -3.90. The number of rotatable bonds is 9. The Balaban J connectivity index is 1.69. The number of nitrogens with two attached hydrogens (primary N) is 1. The maximum Gasteiger partial charge on any atom is 0.405 e. The van der Waals surface area contributed by atoms with Crippen LogP contribution in [-0.4, -0.2) is 46.5 Å². The Kier molecular flexibility index (Phi) is 8.60. The Labute approximate surface area is 198 Å². The SMILES string of the molecule is N#C[C@@H]1C[C@@H](C(=O)NCc2ccc(CN)cc2)N(C(=O)C(CCc2ccccc2)NC(=O)O)C1. The zero-order valence-corrected chi connectivity index (χ0v) is 18.8. The Morgan fingerprint density at radius 3 is 2.38 bits per heavy atom. The summed E-state index contributed by atoms with van der Waals surface area (Å²) >= 11 is 0. The number of carbonyl (C=O) groups is 3. The zero-order chi connectivity index (χ0) is 24.5. The molecule has 9 heteroatoms. The van der Waals surface area contributed by atoms with Gasteiger partial charge in [-0.1, -0.05) is 54.6 Å². The van der Waals surface area contributed by atoms with E-state index in [0.717, 1.165) is 16.7 Å². The van der Waals surface area contributed by atoms with E-state index >= 15 is 0 Å². The summed E-state index contributed by atoms with van der Waals surface area (Å²) in [4.78, 5) is 39.0.